The van der Waals surface area contributed by atoms with Crippen molar-refractivity contribution in [3.05, 3.63) is 47.3 Å². The summed E-state index contributed by atoms with van der Waals surface area (Å²) in [5.41, 5.74) is 3.43. The zero-order valence-electron chi connectivity index (χ0n) is 16.0. The van der Waals surface area contributed by atoms with Crippen LogP contribution < -0.4 is 5.32 Å². The van der Waals surface area contributed by atoms with Crippen LogP contribution in [0.25, 0.3) is 5.69 Å². The molecule has 1 heterocycles. The van der Waals surface area contributed by atoms with Crippen molar-refractivity contribution >= 4 is 11.9 Å². The number of aliphatic carboxylic acids is 1. The van der Waals surface area contributed by atoms with E-state index in [-0.39, 0.29) is 24.5 Å². The van der Waals surface area contributed by atoms with Gasteiger partial charge >= 0.3 is 5.97 Å². The molecular formula is C20H26N4O3. The summed E-state index contributed by atoms with van der Waals surface area (Å²) in [7, 11) is 0. The fourth-order valence-corrected chi connectivity index (χ4v) is 3.62. The van der Waals surface area contributed by atoms with Crippen LogP contribution in [0.15, 0.2) is 30.5 Å². The molecule has 2 N–H and O–H groups in total. The first-order valence-electron chi connectivity index (χ1n) is 9.28. The highest BCUT2D eigenvalue weighted by molar-refractivity contribution is 5.95. The molecule has 0 bridgehead atoms. The second kappa shape index (κ2) is 7.92. The lowest BCUT2D eigenvalue weighted by molar-refractivity contribution is -0.139. The summed E-state index contributed by atoms with van der Waals surface area (Å²) < 4.78 is 1.79. The molecule has 1 amide bonds. The van der Waals surface area contributed by atoms with Crippen LogP contribution in [0.5, 0.6) is 0 Å². The first-order chi connectivity index (χ1) is 12.9. The maximum atomic E-state index is 12.6. The molecule has 0 saturated heterocycles. The number of carbonyl (C=O) groups excluding carboxylic acids is 1. The van der Waals surface area contributed by atoms with Gasteiger partial charge in [0.05, 0.1) is 29.7 Å². The first-order valence-corrected chi connectivity index (χ1v) is 9.28. The quantitative estimate of drug-likeness (QED) is 0.780. The molecule has 0 aliphatic heterocycles. The summed E-state index contributed by atoms with van der Waals surface area (Å²) in [4.78, 5) is 25.5. The molecule has 1 aliphatic rings. The predicted molar refractivity (Wildman–Crippen MR) is 102 cm³/mol. The Balaban J connectivity index is 1.62. The number of nitrogens with one attached hydrogen (secondary N) is 1. The van der Waals surface area contributed by atoms with E-state index in [1.54, 1.807) is 10.9 Å². The van der Waals surface area contributed by atoms with Gasteiger partial charge in [0.2, 0.25) is 0 Å². The summed E-state index contributed by atoms with van der Waals surface area (Å²) in [6.07, 6.45) is 3.16. The summed E-state index contributed by atoms with van der Waals surface area (Å²) in [6.45, 7) is 6.60. The molecule has 0 unspecified atom stereocenters. The normalized spacial score (nSPS) is 19.0. The number of hydrogen-bond donors (Lipinski definition) is 2. The number of aryl methyl sites for hydroxylation is 1. The van der Waals surface area contributed by atoms with Crippen molar-refractivity contribution in [2.75, 3.05) is 13.1 Å². The zero-order valence-corrected chi connectivity index (χ0v) is 16.0. The molecule has 3 rings (SSSR count). The summed E-state index contributed by atoms with van der Waals surface area (Å²) in [6, 6.07) is 8.21. The Morgan fingerprint density at radius 1 is 1.30 bits per heavy atom. The monoisotopic (exact) mass is 370 g/mol. The number of carboxylic acid groups (broad SMARTS) is 1. The molecule has 144 valence electrons. The minimum absolute atomic E-state index is 0.0458. The molecule has 7 heteroatoms. The first kappa shape index (κ1) is 19.1. The van der Waals surface area contributed by atoms with Gasteiger partial charge in [0.1, 0.15) is 0 Å². The van der Waals surface area contributed by atoms with E-state index in [2.05, 4.69) is 10.4 Å². The Labute approximate surface area is 159 Å². The predicted octanol–water partition coefficient (Wildman–Crippen LogP) is 2.16. The lowest BCUT2D eigenvalue weighted by Gasteiger charge is -2.42. The highest BCUT2D eigenvalue weighted by atomic mass is 16.4. The average Bonchev–Trinajstić information content (AvgIpc) is 2.97. The number of hydrogen-bond acceptors (Lipinski definition) is 4. The maximum absolute atomic E-state index is 12.6. The van der Waals surface area contributed by atoms with Gasteiger partial charge in [-0.15, -0.1) is 0 Å². The van der Waals surface area contributed by atoms with E-state index < -0.39 is 5.97 Å². The fourth-order valence-electron chi connectivity index (χ4n) is 3.62. The lowest BCUT2D eigenvalue weighted by Crippen LogP contribution is -2.54. The highest BCUT2D eigenvalue weighted by Crippen LogP contribution is 2.26. The van der Waals surface area contributed by atoms with E-state index in [4.69, 9.17) is 5.11 Å². The van der Waals surface area contributed by atoms with Crippen LogP contribution in [0, 0.1) is 13.8 Å². The minimum Gasteiger partial charge on any atom is -0.480 e. The smallest absolute Gasteiger partial charge is 0.317 e. The third-order valence-corrected chi connectivity index (χ3v) is 5.31. The average molecular weight is 370 g/mol. The van der Waals surface area contributed by atoms with E-state index >= 15 is 0 Å². The van der Waals surface area contributed by atoms with Gasteiger partial charge in [0.15, 0.2) is 0 Å². The number of likely N-dealkylation sites (N-methyl/N-ethyl adjacent to an activating group) is 1. The number of carboxylic acids is 1. The summed E-state index contributed by atoms with van der Waals surface area (Å²) in [5.74, 6) is -0.944. The van der Waals surface area contributed by atoms with Crippen LogP contribution in [0.2, 0.25) is 0 Å². The van der Waals surface area contributed by atoms with Crippen LogP contribution in [-0.2, 0) is 4.79 Å². The molecule has 27 heavy (non-hydrogen) atoms. The molecule has 0 spiro atoms. The third kappa shape index (κ3) is 4.03. The van der Waals surface area contributed by atoms with Gasteiger partial charge in [0.25, 0.3) is 5.91 Å². The number of aromatic nitrogens is 2. The van der Waals surface area contributed by atoms with E-state index in [9.17, 15) is 9.59 Å². The van der Waals surface area contributed by atoms with Crippen molar-refractivity contribution < 1.29 is 14.7 Å². The second-order valence-electron chi connectivity index (χ2n) is 7.09. The standard InChI is InChI=1S/C20H26N4O3/c1-4-23(12-19(25)26)16-9-15(10-16)22-20(27)17-11-21-24(14(17)3)18-8-6-5-7-13(18)2/h5-8,11,15-16H,4,9-10,12H2,1-3H3,(H,22,27)(H,25,26). The number of carbonyl (C=O) groups is 2. The maximum Gasteiger partial charge on any atom is 0.317 e. The number of para-hydroxylation sites is 1. The Kier molecular flexibility index (Phi) is 5.60. The second-order valence-corrected chi connectivity index (χ2v) is 7.09. The minimum atomic E-state index is -0.816. The van der Waals surface area contributed by atoms with Crippen LogP contribution in [-0.4, -0.2) is 56.8 Å². The van der Waals surface area contributed by atoms with Crippen molar-refractivity contribution in [1.29, 1.82) is 0 Å². The van der Waals surface area contributed by atoms with Crippen molar-refractivity contribution in [2.24, 2.45) is 0 Å². The highest BCUT2D eigenvalue weighted by Gasteiger charge is 2.35. The van der Waals surface area contributed by atoms with Gasteiger partial charge in [-0.3, -0.25) is 14.5 Å². The molecule has 0 radical (unpaired) electrons. The molecule has 2 aromatic rings. The van der Waals surface area contributed by atoms with Gasteiger partial charge in [-0.25, -0.2) is 4.68 Å². The molecule has 1 aromatic heterocycles. The molecule has 1 saturated carbocycles. The molecule has 1 aliphatic carbocycles. The van der Waals surface area contributed by atoms with Crippen molar-refractivity contribution in [1.82, 2.24) is 20.0 Å². The van der Waals surface area contributed by atoms with Gasteiger partial charge in [0, 0.05) is 12.1 Å². The fraction of sp³-hybridized carbons (Fsp3) is 0.450. The van der Waals surface area contributed by atoms with E-state index in [1.165, 1.54) is 0 Å². The Morgan fingerprint density at radius 3 is 2.63 bits per heavy atom. The van der Waals surface area contributed by atoms with Crippen molar-refractivity contribution in [2.45, 2.75) is 45.7 Å². The summed E-state index contributed by atoms with van der Waals surface area (Å²) in [5, 5.41) is 16.4. The third-order valence-electron chi connectivity index (χ3n) is 5.31. The summed E-state index contributed by atoms with van der Waals surface area (Å²) >= 11 is 0. The van der Waals surface area contributed by atoms with Crippen molar-refractivity contribution in [3.63, 3.8) is 0 Å². The number of nitrogens with zero attached hydrogens (tertiary/aromatic N) is 3. The number of amides is 1. The van der Waals surface area contributed by atoms with E-state index in [1.807, 2.05) is 49.9 Å². The van der Waals surface area contributed by atoms with Crippen LogP contribution in [0.3, 0.4) is 0 Å². The Morgan fingerprint density at radius 2 is 2.00 bits per heavy atom. The molecule has 7 nitrogen and oxygen atoms in total. The van der Waals surface area contributed by atoms with Crippen LogP contribution >= 0.6 is 0 Å². The van der Waals surface area contributed by atoms with Gasteiger partial charge in [-0.1, -0.05) is 25.1 Å². The Hall–Kier alpha value is -2.67. The number of rotatable bonds is 7. The lowest BCUT2D eigenvalue weighted by atomic mass is 9.85. The SMILES string of the molecule is CCN(CC(=O)O)C1CC(NC(=O)c2cnn(-c3ccccc3C)c2C)C1. The largest absolute Gasteiger partial charge is 0.480 e. The van der Waals surface area contributed by atoms with E-state index in [0.29, 0.717) is 12.1 Å². The zero-order chi connectivity index (χ0) is 19.6. The van der Waals surface area contributed by atoms with Crippen LogP contribution in [0.4, 0.5) is 0 Å². The molecule has 1 aromatic carbocycles. The van der Waals surface area contributed by atoms with Gasteiger partial charge in [-0.05, 0) is 44.9 Å². The molecular weight excluding hydrogens is 344 g/mol. The topological polar surface area (TPSA) is 87.5 Å². The van der Waals surface area contributed by atoms with Gasteiger partial charge in [-0.2, -0.15) is 5.10 Å². The Bertz CT molecular complexity index is 840. The number of benzene rings is 1. The van der Waals surface area contributed by atoms with E-state index in [0.717, 1.165) is 29.8 Å². The molecule has 0 atom stereocenters. The van der Waals surface area contributed by atoms with Gasteiger partial charge < -0.3 is 10.4 Å². The van der Waals surface area contributed by atoms with Crippen molar-refractivity contribution in [3.8, 4) is 5.69 Å². The molecule has 1 fully saturated rings. The van der Waals surface area contributed by atoms with Crippen LogP contribution in [0.1, 0.15) is 41.4 Å².